The van der Waals surface area contributed by atoms with Crippen molar-refractivity contribution in [3.05, 3.63) is 59.7 Å². The van der Waals surface area contributed by atoms with Gasteiger partial charge in [-0.3, -0.25) is 14.6 Å². The van der Waals surface area contributed by atoms with Crippen LogP contribution in [-0.2, 0) is 0 Å². The predicted molar refractivity (Wildman–Crippen MR) is 97.5 cm³/mol. The third-order valence-electron chi connectivity index (χ3n) is 4.53. The average molecular weight is 355 g/mol. The molecule has 136 valence electrons. The van der Waals surface area contributed by atoms with Gasteiger partial charge in [0.25, 0.3) is 11.8 Å². The van der Waals surface area contributed by atoms with Gasteiger partial charge in [-0.25, -0.2) is 4.39 Å². The van der Waals surface area contributed by atoms with Gasteiger partial charge in [-0.05, 0) is 43.2 Å². The van der Waals surface area contributed by atoms with Gasteiger partial charge in [-0.2, -0.15) is 0 Å². The van der Waals surface area contributed by atoms with Crippen molar-refractivity contribution in [2.24, 2.45) is 0 Å². The largest absolute Gasteiger partial charge is 0.349 e. The van der Waals surface area contributed by atoms with Crippen molar-refractivity contribution in [3.63, 3.8) is 0 Å². The van der Waals surface area contributed by atoms with Gasteiger partial charge in [0.05, 0.1) is 0 Å². The molecular formula is C20H22FN3O2. The first-order chi connectivity index (χ1) is 12.6. The molecule has 0 saturated heterocycles. The van der Waals surface area contributed by atoms with E-state index in [-0.39, 0.29) is 17.6 Å². The number of carbonyl (C=O) groups excluding carboxylic acids is 2. The van der Waals surface area contributed by atoms with Crippen molar-refractivity contribution in [2.75, 3.05) is 5.32 Å². The Hall–Kier alpha value is -2.76. The Labute approximate surface area is 152 Å². The molecule has 0 bridgehead atoms. The molecule has 3 rings (SSSR count). The fourth-order valence-electron chi connectivity index (χ4n) is 3.15. The van der Waals surface area contributed by atoms with E-state index < -0.39 is 11.7 Å². The first-order valence-electron chi connectivity index (χ1n) is 8.95. The summed E-state index contributed by atoms with van der Waals surface area (Å²) in [4.78, 5) is 28.8. The van der Waals surface area contributed by atoms with Crippen LogP contribution in [0.1, 0.15) is 59.4 Å². The Morgan fingerprint density at radius 1 is 1.00 bits per heavy atom. The Bertz CT molecular complexity index is 786. The maximum absolute atomic E-state index is 13.2. The molecule has 2 amide bonds. The van der Waals surface area contributed by atoms with Gasteiger partial charge in [-0.15, -0.1) is 0 Å². The maximum Gasteiger partial charge on any atom is 0.274 e. The molecule has 1 heterocycles. The van der Waals surface area contributed by atoms with Gasteiger partial charge in [0, 0.05) is 23.5 Å². The molecule has 1 saturated carbocycles. The number of nitrogens with zero attached hydrogens (tertiary/aromatic N) is 1. The van der Waals surface area contributed by atoms with Crippen molar-refractivity contribution in [3.8, 4) is 0 Å². The van der Waals surface area contributed by atoms with E-state index in [1.165, 1.54) is 43.3 Å². The number of hydrogen-bond donors (Lipinski definition) is 2. The second kappa shape index (κ2) is 8.56. The zero-order chi connectivity index (χ0) is 18.4. The van der Waals surface area contributed by atoms with Crippen LogP contribution in [0.25, 0.3) is 0 Å². The van der Waals surface area contributed by atoms with Crippen LogP contribution in [0.3, 0.4) is 0 Å². The number of anilines is 1. The highest BCUT2D eigenvalue weighted by atomic mass is 19.1. The van der Waals surface area contributed by atoms with E-state index in [2.05, 4.69) is 15.6 Å². The predicted octanol–water partition coefficient (Wildman–Crippen LogP) is 3.93. The number of benzene rings is 1. The van der Waals surface area contributed by atoms with Crippen LogP contribution in [0.5, 0.6) is 0 Å². The average Bonchev–Trinajstić information content (AvgIpc) is 2.90. The summed E-state index contributed by atoms with van der Waals surface area (Å²) in [6.45, 7) is 0. The second-order valence-electron chi connectivity index (χ2n) is 6.56. The molecule has 0 aliphatic heterocycles. The number of carbonyl (C=O) groups is 2. The molecule has 0 unspecified atom stereocenters. The molecule has 1 aromatic carbocycles. The van der Waals surface area contributed by atoms with Gasteiger partial charge in [0.1, 0.15) is 11.5 Å². The summed E-state index contributed by atoms with van der Waals surface area (Å²) in [5.74, 6) is -1.12. The molecule has 1 fully saturated rings. The van der Waals surface area contributed by atoms with Crippen LogP contribution in [0.4, 0.5) is 10.1 Å². The number of aromatic nitrogens is 1. The minimum absolute atomic E-state index is 0.114. The molecule has 2 aromatic rings. The second-order valence-corrected chi connectivity index (χ2v) is 6.56. The van der Waals surface area contributed by atoms with Gasteiger partial charge >= 0.3 is 0 Å². The maximum atomic E-state index is 13.2. The number of halogens is 1. The Balaban J connectivity index is 1.66. The quantitative estimate of drug-likeness (QED) is 0.817. The smallest absolute Gasteiger partial charge is 0.274 e. The number of pyridine rings is 1. The molecule has 1 aliphatic carbocycles. The van der Waals surface area contributed by atoms with E-state index >= 15 is 0 Å². The normalized spacial score (nSPS) is 15.1. The van der Waals surface area contributed by atoms with Gasteiger partial charge < -0.3 is 10.6 Å². The summed E-state index contributed by atoms with van der Waals surface area (Å²) in [6, 6.07) is 8.85. The van der Waals surface area contributed by atoms with Gasteiger partial charge in [0.2, 0.25) is 0 Å². The lowest BCUT2D eigenvalue weighted by atomic mass is 10.1. The minimum Gasteiger partial charge on any atom is -0.349 e. The first-order valence-corrected chi connectivity index (χ1v) is 8.95. The highest BCUT2D eigenvalue weighted by Crippen LogP contribution is 2.18. The summed E-state index contributed by atoms with van der Waals surface area (Å²) in [7, 11) is 0. The molecular weight excluding hydrogens is 333 g/mol. The molecule has 0 spiro atoms. The van der Waals surface area contributed by atoms with E-state index in [1.54, 1.807) is 12.1 Å². The van der Waals surface area contributed by atoms with Crippen molar-refractivity contribution in [1.29, 1.82) is 0 Å². The summed E-state index contributed by atoms with van der Waals surface area (Å²) in [6.07, 6.45) is 8.10. The zero-order valence-electron chi connectivity index (χ0n) is 14.5. The monoisotopic (exact) mass is 355 g/mol. The Morgan fingerprint density at radius 3 is 2.50 bits per heavy atom. The highest BCUT2D eigenvalue weighted by Gasteiger charge is 2.17. The van der Waals surface area contributed by atoms with E-state index in [9.17, 15) is 14.0 Å². The summed E-state index contributed by atoms with van der Waals surface area (Å²) < 4.78 is 13.2. The van der Waals surface area contributed by atoms with Crippen molar-refractivity contribution < 1.29 is 14.0 Å². The molecule has 0 radical (unpaired) electrons. The third-order valence-corrected chi connectivity index (χ3v) is 4.53. The standard InChI is InChI=1S/C20H22FN3O2/c21-15-6-5-9-17(13-15)24-20(26)18-12-14(10-11-22-18)19(25)23-16-7-3-1-2-4-8-16/h5-6,9-13,16H,1-4,7-8H2,(H,23,25)(H,24,26). The van der Waals surface area contributed by atoms with Crippen LogP contribution in [0, 0.1) is 5.82 Å². The number of amides is 2. The topological polar surface area (TPSA) is 71.1 Å². The number of hydrogen-bond acceptors (Lipinski definition) is 3. The Kier molecular flexibility index (Phi) is 5.94. The summed E-state index contributed by atoms with van der Waals surface area (Å²) >= 11 is 0. The van der Waals surface area contributed by atoms with Crippen LogP contribution < -0.4 is 10.6 Å². The molecule has 0 atom stereocenters. The van der Waals surface area contributed by atoms with Crippen LogP contribution in [0.15, 0.2) is 42.6 Å². The first kappa shape index (κ1) is 18.0. The SMILES string of the molecule is O=C(NC1CCCCCC1)c1ccnc(C(=O)Nc2cccc(F)c2)c1. The molecule has 6 heteroatoms. The fourth-order valence-corrected chi connectivity index (χ4v) is 3.15. The van der Waals surface area contributed by atoms with Gasteiger partial charge in [0.15, 0.2) is 0 Å². The zero-order valence-corrected chi connectivity index (χ0v) is 14.5. The molecule has 2 N–H and O–H groups in total. The van der Waals surface area contributed by atoms with Crippen LogP contribution >= 0.6 is 0 Å². The van der Waals surface area contributed by atoms with Crippen LogP contribution in [0.2, 0.25) is 0 Å². The van der Waals surface area contributed by atoms with E-state index in [0.29, 0.717) is 11.3 Å². The van der Waals surface area contributed by atoms with E-state index in [4.69, 9.17) is 0 Å². The molecule has 26 heavy (non-hydrogen) atoms. The lowest BCUT2D eigenvalue weighted by Crippen LogP contribution is -2.34. The summed E-state index contributed by atoms with van der Waals surface area (Å²) in [5.41, 5.74) is 0.849. The van der Waals surface area contributed by atoms with Crippen LogP contribution in [-0.4, -0.2) is 22.8 Å². The van der Waals surface area contributed by atoms with E-state index in [1.807, 2.05) is 0 Å². The third kappa shape index (κ3) is 4.88. The molecule has 5 nitrogen and oxygen atoms in total. The Morgan fingerprint density at radius 2 is 1.77 bits per heavy atom. The minimum atomic E-state index is -0.486. The summed E-state index contributed by atoms with van der Waals surface area (Å²) in [5, 5.41) is 5.63. The van der Waals surface area contributed by atoms with Gasteiger partial charge in [-0.1, -0.05) is 31.7 Å². The number of nitrogens with one attached hydrogen (secondary N) is 2. The molecule has 1 aromatic heterocycles. The fraction of sp³-hybridized carbons (Fsp3) is 0.350. The van der Waals surface area contributed by atoms with Crippen molar-refractivity contribution >= 4 is 17.5 Å². The lowest BCUT2D eigenvalue weighted by Gasteiger charge is -2.16. The van der Waals surface area contributed by atoms with E-state index in [0.717, 1.165) is 25.7 Å². The lowest BCUT2D eigenvalue weighted by molar-refractivity contribution is 0.0933. The van der Waals surface area contributed by atoms with Crippen molar-refractivity contribution in [1.82, 2.24) is 10.3 Å². The van der Waals surface area contributed by atoms with Crippen molar-refractivity contribution in [2.45, 2.75) is 44.6 Å². The number of rotatable bonds is 4. The highest BCUT2D eigenvalue weighted by molar-refractivity contribution is 6.04. The molecule has 1 aliphatic rings.